The van der Waals surface area contributed by atoms with Crippen LogP contribution in [0.4, 0.5) is 5.82 Å². The predicted octanol–water partition coefficient (Wildman–Crippen LogP) is 2.17. The number of pyridine rings is 1. The molecule has 5 heteroatoms. The maximum atomic E-state index is 10.9. The van der Waals surface area contributed by atoms with Gasteiger partial charge in [0.1, 0.15) is 5.82 Å². The number of hydrogen-bond acceptors (Lipinski definition) is 4. The summed E-state index contributed by atoms with van der Waals surface area (Å²) in [5.41, 5.74) is 0.0860. The summed E-state index contributed by atoms with van der Waals surface area (Å²) < 4.78 is 0. The number of carboxylic acid groups (broad SMARTS) is 1. The summed E-state index contributed by atoms with van der Waals surface area (Å²) in [6.45, 7) is 8.77. The molecule has 0 bridgehead atoms. The Kier molecular flexibility index (Phi) is 4.95. The van der Waals surface area contributed by atoms with Crippen LogP contribution in [0.3, 0.4) is 0 Å². The summed E-state index contributed by atoms with van der Waals surface area (Å²) in [4.78, 5) is 17.4. The quantitative estimate of drug-likeness (QED) is 0.834. The summed E-state index contributed by atoms with van der Waals surface area (Å²) in [5, 5.41) is 12.2. The number of aromatic nitrogens is 1. The number of nitrogens with zero attached hydrogens (tertiary/aromatic N) is 2. The number of aromatic carboxylic acids is 1. The molecule has 0 aromatic carbocycles. The molecule has 1 saturated heterocycles. The molecule has 2 rings (SSSR count). The lowest BCUT2D eigenvalue weighted by molar-refractivity contribution is 0.0690. The van der Waals surface area contributed by atoms with Crippen LogP contribution >= 0.6 is 0 Å². The van der Waals surface area contributed by atoms with Gasteiger partial charge in [-0.15, -0.1) is 0 Å². The van der Waals surface area contributed by atoms with Gasteiger partial charge < -0.3 is 15.3 Å². The van der Waals surface area contributed by atoms with Gasteiger partial charge >= 0.3 is 5.97 Å². The molecule has 0 radical (unpaired) electrons. The van der Waals surface area contributed by atoms with Crippen molar-refractivity contribution in [2.45, 2.75) is 20.3 Å². The molecule has 0 saturated carbocycles. The number of hydrogen-bond donors (Lipinski definition) is 2. The first kappa shape index (κ1) is 14.8. The lowest BCUT2D eigenvalue weighted by Gasteiger charge is -2.18. The SMILES string of the molecule is CC(C)CN1CCC(CNc2cccc(C(=O)O)n2)C1. The molecule has 110 valence electrons. The molecule has 20 heavy (non-hydrogen) atoms. The molecule has 0 aliphatic carbocycles. The van der Waals surface area contributed by atoms with E-state index in [1.165, 1.54) is 12.5 Å². The van der Waals surface area contributed by atoms with E-state index in [0.29, 0.717) is 17.7 Å². The molecule has 1 aliphatic rings. The maximum Gasteiger partial charge on any atom is 0.354 e. The van der Waals surface area contributed by atoms with E-state index in [4.69, 9.17) is 5.11 Å². The molecule has 1 aromatic heterocycles. The third-order valence-electron chi connectivity index (χ3n) is 3.53. The van der Waals surface area contributed by atoms with Crippen molar-refractivity contribution in [3.05, 3.63) is 23.9 Å². The minimum Gasteiger partial charge on any atom is -0.477 e. The van der Waals surface area contributed by atoms with E-state index in [1.807, 2.05) is 6.07 Å². The van der Waals surface area contributed by atoms with E-state index < -0.39 is 5.97 Å². The minimum absolute atomic E-state index is 0.0860. The maximum absolute atomic E-state index is 10.9. The molecule has 1 aromatic rings. The van der Waals surface area contributed by atoms with E-state index in [9.17, 15) is 4.79 Å². The van der Waals surface area contributed by atoms with Gasteiger partial charge in [-0.3, -0.25) is 0 Å². The molecule has 1 unspecified atom stereocenters. The Labute approximate surface area is 120 Å². The van der Waals surface area contributed by atoms with Crippen molar-refractivity contribution in [3.63, 3.8) is 0 Å². The number of likely N-dealkylation sites (tertiary alicyclic amines) is 1. The second-order valence-corrected chi connectivity index (χ2v) is 5.90. The Balaban J connectivity index is 1.81. The largest absolute Gasteiger partial charge is 0.477 e. The molecule has 2 N–H and O–H groups in total. The van der Waals surface area contributed by atoms with Crippen molar-refractivity contribution in [3.8, 4) is 0 Å². The average Bonchev–Trinajstić information content (AvgIpc) is 2.83. The average molecular weight is 277 g/mol. The van der Waals surface area contributed by atoms with Gasteiger partial charge in [0.25, 0.3) is 0 Å². The minimum atomic E-state index is -0.988. The van der Waals surface area contributed by atoms with Gasteiger partial charge in [-0.05, 0) is 36.9 Å². The second kappa shape index (κ2) is 6.70. The van der Waals surface area contributed by atoms with E-state index in [2.05, 4.69) is 29.0 Å². The van der Waals surface area contributed by atoms with Gasteiger partial charge in [0, 0.05) is 19.6 Å². The fourth-order valence-corrected chi connectivity index (χ4v) is 2.66. The third kappa shape index (κ3) is 4.20. The van der Waals surface area contributed by atoms with Crippen molar-refractivity contribution in [2.75, 3.05) is 31.5 Å². The number of rotatable bonds is 6. The van der Waals surface area contributed by atoms with Crippen LogP contribution in [0, 0.1) is 11.8 Å². The topological polar surface area (TPSA) is 65.5 Å². The van der Waals surface area contributed by atoms with E-state index >= 15 is 0 Å². The summed E-state index contributed by atoms with van der Waals surface area (Å²) >= 11 is 0. The van der Waals surface area contributed by atoms with Gasteiger partial charge in [0.05, 0.1) is 0 Å². The fourth-order valence-electron chi connectivity index (χ4n) is 2.66. The zero-order valence-corrected chi connectivity index (χ0v) is 12.2. The molecule has 1 fully saturated rings. The van der Waals surface area contributed by atoms with Crippen LogP contribution in [0.25, 0.3) is 0 Å². The highest BCUT2D eigenvalue weighted by Crippen LogP contribution is 2.18. The summed E-state index contributed by atoms with van der Waals surface area (Å²) in [6, 6.07) is 5.04. The van der Waals surface area contributed by atoms with Crippen molar-refractivity contribution < 1.29 is 9.90 Å². The van der Waals surface area contributed by atoms with Crippen LogP contribution in [0.15, 0.2) is 18.2 Å². The third-order valence-corrected chi connectivity index (χ3v) is 3.53. The smallest absolute Gasteiger partial charge is 0.354 e. The van der Waals surface area contributed by atoms with E-state index in [-0.39, 0.29) is 5.69 Å². The zero-order valence-electron chi connectivity index (χ0n) is 12.2. The van der Waals surface area contributed by atoms with Crippen LogP contribution in [-0.4, -0.2) is 47.1 Å². The van der Waals surface area contributed by atoms with Gasteiger partial charge in [0.15, 0.2) is 5.69 Å². The van der Waals surface area contributed by atoms with Crippen molar-refractivity contribution in [1.29, 1.82) is 0 Å². The number of nitrogens with one attached hydrogen (secondary N) is 1. The summed E-state index contributed by atoms with van der Waals surface area (Å²) in [6.07, 6.45) is 1.19. The van der Waals surface area contributed by atoms with Crippen LogP contribution < -0.4 is 5.32 Å². The molecule has 0 amide bonds. The first-order valence-corrected chi connectivity index (χ1v) is 7.21. The summed E-state index contributed by atoms with van der Waals surface area (Å²) in [7, 11) is 0. The predicted molar refractivity (Wildman–Crippen MR) is 79.1 cm³/mol. The van der Waals surface area contributed by atoms with Crippen LogP contribution in [0.2, 0.25) is 0 Å². The lowest BCUT2D eigenvalue weighted by atomic mass is 10.1. The number of carbonyl (C=O) groups is 1. The summed E-state index contributed by atoms with van der Waals surface area (Å²) in [5.74, 6) is 0.976. The molecule has 1 atom stereocenters. The Morgan fingerprint density at radius 2 is 2.35 bits per heavy atom. The van der Waals surface area contributed by atoms with Gasteiger partial charge in [-0.1, -0.05) is 19.9 Å². The monoisotopic (exact) mass is 277 g/mol. The molecule has 5 nitrogen and oxygen atoms in total. The van der Waals surface area contributed by atoms with Gasteiger partial charge in [-0.25, -0.2) is 9.78 Å². The van der Waals surface area contributed by atoms with Crippen molar-refractivity contribution >= 4 is 11.8 Å². The van der Waals surface area contributed by atoms with Crippen LogP contribution in [0.5, 0.6) is 0 Å². The Bertz CT molecular complexity index is 462. The lowest BCUT2D eigenvalue weighted by Crippen LogP contribution is -2.26. The van der Waals surface area contributed by atoms with Crippen molar-refractivity contribution in [1.82, 2.24) is 9.88 Å². The van der Waals surface area contributed by atoms with Crippen molar-refractivity contribution in [2.24, 2.45) is 11.8 Å². The second-order valence-electron chi connectivity index (χ2n) is 5.90. The highest BCUT2D eigenvalue weighted by atomic mass is 16.4. The molecule has 1 aliphatic heterocycles. The Morgan fingerprint density at radius 1 is 1.55 bits per heavy atom. The standard InChI is InChI=1S/C15H23N3O2/c1-11(2)9-18-7-6-12(10-18)8-16-14-5-3-4-13(17-14)15(19)20/h3-5,11-12H,6-10H2,1-2H3,(H,16,17)(H,19,20). The first-order valence-electron chi connectivity index (χ1n) is 7.21. The van der Waals surface area contributed by atoms with Crippen LogP contribution in [-0.2, 0) is 0 Å². The van der Waals surface area contributed by atoms with E-state index in [1.54, 1.807) is 6.07 Å². The van der Waals surface area contributed by atoms with Crippen LogP contribution in [0.1, 0.15) is 30.8 Å². The van der Waals surface area contributed by atoms with Gasteiger partial charge in [-0.2, -0.15) is 0 Å². The highest BCUT2D eigenvalue weighted by molar-refractivity contribution is 5.85. The molecule has 2 heterocycles. The first-order chi connectivity index (χ1) is 9.54. The zero-order chi connectivity index (χ0) is 14.5. The fraction of sp³-hybridized carbons (Fsp3) is 0.600. The normalized spacial score (nSPS) is 19.4. The molecular weight excluding hydrogens is 254 g/mol. The van der Waals surface area contributed by atoms with E-state index in [0.717, 1.165) is 26.2 Å². The van der Waals surface area contributed by atoms with Gasteiger partial charge in [0.2, 0.25) is 0 Å². The number of anilines is 1. The molecule has 0 spiro atoms. The number of carboxylic acids is 1. The Morgan fingerprint density at radius 3 is 3.05 bits per heavy atom. The molecular formula is C15H23N3O2. The highest BCUT2D eigenvalue weighted by Gasteiger charge is 2.22. The Hall–Kier alpha value is -1.62.